The van der Waals surface area contributed by atoms with Crippen molar-refractivity contribution in [3.63, 3.8) is 0 Å². The van der Waals surface area contributed by atoms with Gasteiger partial charge in [-0.2, -0.15) is 0 Å². The summed E-state index contributed by atoms with van der Waals surface area (Å²) < 4.78 is 8.70. The minimum atomic E-state index is -0.601. The van der Waals surface area contributed by atoms with E-state index in [1.165, 1.54) is 0 Å². The molecule has 0 aliphatic heterocycles. The molecule has 116 valence electrons. The van der Waals surface area contributed by atoms with Gasteiger partial charge in [-0.15, -0.1) is 0 Å². The number of carbonyl (C=O) groups excluding carboxylic acids is 2. The second kappa shape index (κ2) is 7.40. The average molecular weight is 302 g/mol. The van der Waals surface area contributed by atoms with Crippen molar-refractivity contribution in [2.75, 3.05) is 0 Å². The lowest BCUT2D eigenvalue weighted by Gasteiger charge is -2.12. The zero-order valence-electron chi connectivity index (χ0n) is 12.7. The van der Waals surface area contributed by atoms with Gasteiger partial charge in [0.1, 0.15) is 19.0 Å². The molecule has 0 saturated heterocycles. The Bertz CT molecular complexity index is 637. The number of aryl methyl sites for hydroxylation is 1. The van der Waals surface area contributed by atoms with Crippen LogP contribution in [0.3, 0.4) is 0 Å². The van der Waals surface area contributed by atoms with E-state index in [1.807, 2.05) is 48.1 Å². The van der Waals surface area contributed by atoms with Crippen LogP contribution in [0.2, 0.25) is 0 Å². The molecular weight excluding hydrogens is 282 g/mol. The molecule has 1 atom stereocenters. The minimum Gasteiger partial charge on any atom is -0.445 e. The summed E-state index contributed by atoms with van der Waals surface area (Å²) in [6.07, 6.45) is 4.86. The van der Waals surface area contributed by atoms with Crippen molar-refractivity contribution in [1.29, 1.82) is 0 Å². The first-order valence-electron chi connectivity index (χ1n) is 7.05. The van der Waals surface area contributed by atoms with Crippen LogP contribution in [-0.2, 0) is 29.7 Å². The maximum absolute atomic E-state index is 12.0. The Labute approximate surface area is 129 Å². The highest BCUT2D eigenvalue weighted by atomic mass is 16.5. The zero-order valence-corrected chi connectivity index (χ0v) is 12.7. The normalized spacial score (nSPS) is 11.7. The van der Waals surface area contributed by atoms with Crippen LogP contribution < -0.4 is 9.88 Å². The summed E-state index contributed by atoms with van der Waals surface area (Å²) in [6.45, 7) is 2.04. The van der Waals surface area contributed by atoms with Gasteiger partial charge in [-0.25, -0.2) is 13.9 Å². The van der Waals surface area contributed by atoms with Crippen LogP contribution in [0.5, 0.6) is 0 Å². The molecule has 2 rings (SSSR count). The number of carbonyl (C=O) groups is 2. The topological polar surface area (TPSA) is 64.2 Å². The fraction of sp³-hybridized carbons (Fsp3) is 0.312. The third-order valence-corrected chi connectivity index (χ3v) is 3.19. The number of benzene rings is 1. The Morgan fingerprint density at radius 2 is 2.05 bits per heavy atom. The monoisotopic (exact) mass is 302 g/mol. The SMILES string of the molecule is C[C@H](NC(=O)OCc1ccccc1)C(=O)Cn1cc[n+](C)c1. The number of aromatic nitrogens is 2. The van der Waals surface area contributed by atoms with Crippen molar-refractivity contribution in [3.05, 3.63) is 54.6 Å². The van der Waals surface area contributed by atoms with Gasteiger partial charge in [0.25, 0.3) is 0 Å². The lowest BCUT2D eigenvalue weighted by atomic mass is 10.2. The number of Topliss-reactive ketones (excluding diaryl/α,β-unsaturated/α-hetero) is 1. The van der Waals surface area contributed by atoms with Gasteiger partial charge in [0.2, 0.25) is 6.33 Å². The molecule has 22 heavy (non-hydrogen) atoms. The van der Waals surface area contributed by atoms with Crippen LogP contribution in [-0.4, -0.2) is 22.5 Å². The average Bonchev–Trinajstić information content (AvgIpc) is 2.91. The quantitative estimate of drug-likeness (QED) is 0.815. The smallest absolute Gasteiger partial charge is 0.408 e. The number of hydrogen-bond donors (Lipinski definition) is 1. The van der Waals surface area contributed by atoms with E-state index in [0.717, 1.165) is 5.56 Å². The molecule has 0 radical (unpaired) electrons. The van der Waals surface area contributed by atoms with Gasteiger partial charge < -0.3 is 10.1 Å². The molecule has 0 unspecified atom stereocenters. The lowest BCUT2D eigenvalue weighted by Crippen LogP contribution is -2.40. The summed E-state index contributed by atoms with van der Waals surface area (Å²) in [5, 5.41) is 2.55. The molecule has 1 N–H and O–H groups in total. The predicted molar refractivity (Wildman–Crippen MR) is 79.8 cm³/mol. The largest absolute Gasteiger partial charge is 0.445 e. The van der Waals surface area contributed by atoms with Crippen LogP contribution in [0, 0.1) is 0 Å². The van der Waals surface area contributed by atoms with Crippen molar-refractivity contribution in [1.82, 2.24) is 9.88 Å². The molecule has 6 nitrogen and oxygen atoms in total. The molecule has 0 bridgehead atoms. The third kappa shape index (κ3) is 4.73. The highest BCUT2D eigenvalue weighted by Crippen LogP contribution is 2.01. The summed E-state index contributed by atoms with van der Waals surface area (Å²) in [6, 6.07) is 8.78. The summed E-state index contributed by atoms with van der Waals surface area (Å²) in [4.78, 5) is 23.7. The maximum atomic E-state index is 12.0. The van der Waals surface area contributed by atoms with E-state index in [0.29, 0.717) is 0 Å². The molecule has 0 fully saturated rings. The molecular formula is C16H20N3O3+. The van der Waals surface area contributed by atoms with Crippen molar-refractivity contribution >= 4 is 11.9 Å². The van der Waals surface area contributed by atoms with Crippen LogP contribution in [0.1, 0.15) is 12.5 Å². The van der Waals surface area contributed by atoms with E-state index in [-0.39, 0.29) is 18.9 Å². The van der Waals surface area contributed by atoms with Gasteiger partial charge in [0.05, 0.1) is 13.1 Å². The van der Waals surface area contributed by atoms with E-state index >= 15 is 0 Å². The first-order valence-corrected chi connectivity index (χ1v) is 7.05. The standard InChI is InChI=1S/C16H19N3O3/c1-13(15(20)10-19-9-8-18(2)12-19)17-16(21)22-11-14-6-4-3-5-7-14/h3-9,12-13H,10-11H2,1-2H3/p+1/t13-/m0/s1. The molecule has 1 aromatic carbocycles. The van der Waals surface area contributed by atoms with Crippen LogP contribution in [0.25, 0.3) is 0 Å². The van der Waals surface area contributed by atoms with Gasteiger partial charge in [-0.1, -0.05) is 30.3 Å². The Morgan fingerprint density at radius 1 is 1.32 bits per heavy atom. The molecule has 0 saturated carbocycles. The van der Waals surface area contributed by atoms with Gasteiger partial charge >= 0.3 is 6.09 Å². The molecule has 0 aliphatic rings. The number of imidazole rings is 1. The number of nitrogens with zero attached hydrogens (tertiary/aromatic N) is 2. The number of nitrogens with one attached hydrogen (secondary N) is 1. The fourth-order valence-corrected chi connectivity index (χ4v) is 1.93. The first-order chi connectivity index (χ1) is 10.5. The molecule has 0 aliphatic carbocycles. The Kier molecular flexibility index (Phi) is 5.30. The summed E-state index contributed by atoms with van der Waals surface area (Å²) in [5.41, 5.74) is 0.900. The fourth-order valence-electron chi connectivity index (χ4n) is 1.93. The zero-order chi connectivity index (χ0) is 15.9. The number of rotatable bonds is 6. The van der Waals surface area contributed by atoms with Gasteiger partial charge in [0, 0.05) is 0 Å². The third-order valence-electron chi connectivity index (χ3n) is 3.19. The van der Waals surface area contributed by atoms with Crippen molar-refractivity contribution < 1.29 is 18.9 Å². The Morgan fingerprint density at radius 3 is 2.68 bits per heavy atom. The van der Waals surface area contributed by atoms with Gasteiger partial charge in [-0.3, -0.25) is 4.79 Å². The van der Waals surface area contributed by atoms with Crippen molar-refractivity contribution in [2.24, 2.45) is 7.05 Å². The molecule has 6 heteroatoms. The summed E-state index contributed by atoms with van der Waals surface area (Å²) in [7, 11) is 1.88. The Balaban J connectivity index is 1.76. The number of amides is 1. The van der Waals surface area contributed by atoms with E-state index in [2.05, 4.69) is 5.32 Å². The predicted octanol–water partition coefficient (Wildman–Crippen LogP) is 1.20. The van der Waals surface area contributed by atoms with E-state index in [4.69, 9.17) is 4.74 Å². The molecule has 1 heterocycles. The molecule has 1 aromatic heterocycles. The Hall–Kier alpha value is -2.63. The lowest BCUT2D eigenvalue weighted by molar-refractivity contribution is -0.671. The van der Waals surface area contributed by atoms with Crippen molar-refractivity contribution in [2.45, 2.75) is 26.1 Å². The maximum Gasteiger partial charge on any atom is 0.408 e. The second-order valence-electron chi connectivity index (χ2n) is 5.15. The summed E-state index contributed by atoms with van der Waals surface area (Å²) >= 11 is 0. The minimum absolute atomic E-state index is 0.0899. The van der Waals surface area contributed by atoms with Crippen LogP contribution in [0.4, 0.5) is 4.79 Å². The van der Waals surface area contributed by atoms with Gasteiger partial charge in [-0.05, 0) is 12.5 Å². The highest BCUT2D eigenvalue weighted by molar-refractivity contribution is 5.86. The molecule has 2 aromatic rings. The van der Waals surface area contributed by atoms with Crippen molar-refractivity contribution in [3.8, 4) is 0 Å². The number of ether oxygens (including phenoxy) is 1. The highest BCUT2D eigenvalue weighted by Gasteiger charge is 2.18. The first kappa shape index (κ1) is 15.8. The van der Waals surface area contributed by atoms with Crippen LogP contribution in [0.15, 0.2) is 49.1 Å². The molecule has 0 spiro atoms. The second-order valence-corrected chi connectivity index (χ2v) is 5.15. The van der Waals surface area contributed by atoms with E-state index < -0.39 is 12.1 Å². The number of ketones is 1. The van der Waals surface area contributed by atoms with Crippen LogP contribution >= 0.6 is 0 Å². The van der Waals surface area contributed by atoms with E-state index in [9.17, 15) is 9.59 Å². The van der Waals surface area contributed by atoms with E-state index in [1.54, 1.807) is 24.0 Å². The number of alkyl carbamates (subject to hydrolysis) is 1. The molecule has 1 amide bonds. The summed E-state index contributed by atoms with van der Waals surface area (Å²) in [5.74, 6) is -0.0899. The van der Waals surface area contributed by atoms with Gasteiger partial charge in [0.15, 0.2) is 12.3 Å². The number of hydrogen-bond acceptors (Lipinski definition) is 3.